The Morgan fingerprint density at radius 3 is 2.68 bits per heavy atom. The summed E-state index contributed by atoms with van der Waals surface area (Å²) in [5.74, 6) is 0.0449. The summed E-state index contributed by atoms with van der Waals surface area (Å²) in [4.78, 5) is 15.1. The van der Waals surface area contributed by atoms with Gasteiger partial charge < -0.3 is 9.84 Å². The van der Waals surface area contributed by atoms with E-state index < -0.39 is 5.97 Å². The van der Waals surface area contributed by atoms with Crippen LogP contribution in [0.25, 0.3) is 0 Å². The molecule has 5 nitrogen and oxygen atoms in total. The number of morpholine rings is 1. The Balaban J connectivity index is 1.73. The van der Waals surface area contributed by atoms with Crippen molar-refractivity contribution in [3.05, 3.63) is 0 Å². The van der Waals surface area contributed by atoms with Crippen LogP contribution in [-0.4, -0.2) is 73.4 Å². The fourth-order valence-electron chi connectivity index (χ4n) is 3.71. The summed E-state index contributed by atoms with van der Waals surface area (Å²) in [5, 5.41) is 8.83. The van der Waals surface area contributed by atoms with E-state index >= 15 is 0 Å². The number of rotatable bonds is 6. The topological polar surface area (TPSA) is 53.0 Å². The molecule has 2 rings (SSSR count). The molecule has 0 aromatic rings. The Morgan fingerprint density at radius 2 is 2.05 bits per heavy atom. The van der Waals surface area contributed by atoms with Gasteiger partial charge in [-0.3, -0.25) is 14.6 Å². The lowest BCUT2D eigenvalue weighted by Gasteiger charge is -2.39. The van der Waals surface area contributed by atoms with Crippen LogP contribution in [0, 0.1) is 11.3 Å². The first-order valence-electron chi connectivity index (χ1n) is 8.58. The smallest absolute Gasteiger partial charge is 0.317 e. The van der Waals surface area contributed by atoms with E-state index in [4.69, 9.17) is 9.84 Å². The highest BCUT2D eigenvalue weighted by Gasteiger charge is 2.29. The fourth-order valence-corrected chi connectivity index (χ4v) is 3.71. The number of hydrogen-bond donors (Lipinski definition) is 1. The molecule has 1 N–H and O–H groups in total. The van der Waals surface area contributed by atoms with Gasteiger partial charge in [0.05, 0.1) is 19.3 Å². The van der Waals surface area contributed by atoms with E-state index in [1.807, 2.05) is 11.9 Å². The molecule has 0 aromatic heterocycles. The SMILES string of the molecule is CN(CC(=O)O)CC1CN(CC2CCC(C)(C)CC2)CCO1. The maximum atomic E-state index is 10.7. The van der Waals surface area contributed by atoms with Crippen molar-refractivity contribution in [1.82, 2.24) is 9.80 Å². The van der Waals surface area contributed by atoms with Crippen LogP contribution in [0.4, 0.5) is 0 Å². The molecule has 2 fully saturated rings. The molecule has 0 radical (unpaired) electrons. The van der Waals surface area contributed by atoms with E-state index in [0.29, 0.717) is 12.0 Å². The normalized spacial score (nSPS) is 27.2. The Labute approximate surface area is 134 Å². The van der Waals surface area contributed by atoms with Crippen LogP contribution in [0.5, 0.6) is 0 Å². The van der Waals surface area contributed by atoms with Crippen molar-refractivity contribution in [2.24, 2.45) is 11.3 Å². The van der Waals surface area contributed by atoms with Gasteiger partial charge in [-0.15, -0.1) is 0 Å². The van der Waals surface area contributed by atoms with Crippen LogP contribution in [-0.2, 0) is 9.53 Å². The van der Waals surface area contributed by atoms with Gasteiger partial charge in [-0.05, 0) is 44.1 Å². The van der Waals surface area contributed by atoms with Gasteiger partial charge in [0, 0.05) is 26.2 Å². The second-order valence-corrected chi connectivity index (χ2v) is 7.95. The predicted octanol–water partition coefficient (Wildman–Crippen LogP) is 1.92. The van der Waals surface area contributed by atoms with Crippen molar-refractivity contribution >= 4 is 5.97 Å². The minimum Gasteiger partial charge on any atom is -0.480 e. The van der Waals surface area contributed by atoms with E-state index in [1.54, 1.807) is 0 Å². The van der Waals surface area contributed by atoms with Crippen molar-refractivity contribution < 1.29 is 14.6 Å². The van der Waals surface area contributed by atoms with Crippen LogP contribution in [0.1, 0.15) is 39.5 Å². The summed E-state index contributed by atoms with van der Waals surface area (Å²) in [6, 6.07) is 0. The lowest BCUT2D eigenvalue weighted by atomic mass is 9.73. The van der Waals surface area contributed by atoms with Crippen molar-refractivity contribution in [3.8, 4) is 0 Å². The maximum Gasteiger partial charge on any atom is 0.317 e. The number of ether oxygens (including phenoxy) is 1. The van der Waals surface area contributed by atoms with Crippen LogP contribution in [0.3, 0.4) is 0 Å². The van der Waals surface area contributed by atoms with Gasteiger partial charge in [-0.1, -0.05) is 13.8 Å². The largest absolute Gasteiger partial charge is 0.480 e. The number of likely N-dealkylation sites (N-methyl/N-ethyl adjacent to an activating group) is 1. The molecule has 1 saturated carbocycles. The third kappa shape index (κ3) is 5.86. The number of carbonyl (C=O) groups is 1. The summed E-state index contributed by atoms with van der Waals surface area (Å²) >= 11 is 0. The number of carboxylic acids is 1. The summed E-state index contributed by atoms with van der Waals surface area (Å²) in [7, 11) is 1.85. The van der Waals surface area contributed by atoms with Crippen molar-refractivity contribution in [2.45, 2.75) is 45.6 Å². The predicted molar refractivity (Wildman–Crippen MR) is 87.1 cm³/mol. The Kier molecular flexibility index (Phi) is 6.24. The average Bonchev–Trinajstić information content (AvgIpc) is 2.40. The second-order valence-electron chi connectivity index (χ2n) is 7.95. The summed E-state index contributed by atoms with van der Waals surface area (Å²) in [5.41, 5.74) is 0.531. The number of nitrogens with zero attached hydrogens (tertiary/aromatic N) is 2. The Morgan fingerprint density at radius 1 is 1.36 bits per heavy atom. The highest BCUT2D eigenvalue weighted by Crippen LogP contribution is 2.38. The van der Waals surface area contributed by atoms with Crippen LogP contribution in [0.15, 0.2) is 0 Å². The minimum absolute atomic E-state index is 0.0809. The highest BCUT2D eigenvalue weighted by molar-refractivity contribution is 5.68. The molecule has 1 saturated heterocycles. The van der Waals surface area contributed by atoms with E-state index in [1.165, 1.54) is 32.2 Å². The molecule has 1 aliphatic heterocycles. The van der Waals surface area contributed by atoms with Crippen molar-refractivity contribution in [2.75, 3.05) is 46.4 Å². The summed E-state index contributed by atoms with van der Waals surface area (Å²) in [6.45, 7) is 9.43. The van der Waals surface area contributed by atoms with E-state index in [0.717, 1.165) is 25.6 Å². The van der Waals surface area contributed by atoms with Crippen LogP contribution < -0.4 is 0 Å². The zero-order valence-corrected chi connectivity index (χ0v) is 14.4. The molecular formula is C17H32N2O3. The first-order valence-corrected chi connectivity index (χ1v) is 8.58. The van der Waals surface area contributed by atoms with E-state index in [-0.39, 0.29) is 12.6 Å². The third-order valence-electron chi connectivity index (χ3n) is 5.12. The monoisotopic (exact) mass is 312 g/mol. The third-order valence-corrected chi connectivity index (χ3v) is 5.12. The molecule has 1 heterocycles. The van der Waals surface area contributed by atoms with Gasteiger partial charge in [-0.2, -0.15) is 0 Å². The fraction of sp³-hybridized carbons (Fsp3) is 0.941. The summed E-state index contributed by atoms with van der Waals surface area (Å²) in [6.07, 6.45) is 5.50. The second kappa shape index (κ2) is 7.75. The average molecular weight is 312 g/mol. The van der Waals surface area contributed by atoms with Gasteiger partial charge in [0.25, 0.3) is 0 Å². The van der Waals surface area contributed by atoms with Gasteiger partial charge in [0.15, 0.2) is 0 Å². The molecule has 1 aliphatic carbocycles. The first-order chi connectivity index (χ1) is 10.3. The number of carboxylic acid groups (broad SMARTS) is 1. The van der Waals surface area contributed by atoms with Crippen molar-refractivity contribution in [3.63, 3.8) is 0 Å². The van der Waals surface area contributed by atoms with Crippen LogP contribution >= 0.6 is 0 Å². The van der Waals surface area contributed by atoms with Gasteiger partial charge in [0.1, 0.15) is 0 Å². The molecule has 0 spiro atoms. The molecule has 128 valence electrons. The molecule has 22 heavy (non-hydrogen) atoms. The van der Waals surface area contributed by atoms with Gasteiger partial charge in [0.2, 0.25) is 0 Å². The Bertz CT molecular complexity index is 363. The lowest BCUT2D eigenvalue weighted by molar-refractivity contribution is -0.138. The quantitative estimate of drug-likeness (QED) is 0.812. The number of hydrogen-bond acceptors (Lipinski definition) is 4. The van der Waals surface area contributed by atoms with E-state index in [9.17, 15) is 4.79 Å². The zero-order valence-electron chi connectivity index (χ0n) is 14.4. The molecule has 2 aliphatic rings. The van der Waals surface area contributed by atoms with Crippen molar-refractivity contribution in [1.29, 1.82) is 0 Å². The minimum atomic E-state index is -0.778. The number of aliphatic carboxylic acids is 1. The zero-order chi connectivity index (χ0) is 16.2. The van der Waals surface area contributed by atoms with Gasteiger partial charge >= 0.3 is 5.97 Å². The highest BCUT2D eigenvalue weighted by atomic mass is 16.5. The molecule has 0 amide bonds. The first kappa shape index (κ1) is 17.7. The molecule has 1 atom stereocenters. The Hall–Kier alpha value is -0.650. The standard InChI is InChI=1S/C17H32N2O3/c1-17(2)6-4-14(5-7-17)10-19-8-9-22-15(12-19)11-18(3)13-16(20)21/h14-15H,4-13H2,1-3H3,(H,20,21). The summed E-state index contributed by atoms with van der Waals surface area (Å²) < 4.78 is 5.81. The van der Waals surface area contributed by atoms with Crippen LogP contribution in [0.2, 0.25) is 0 Å². The lowest BCUT2D eigenvalue weighted by Crippen LogP contribution is -2.49. The maximum absolute atomic E-state index is 10.7. The van der Waals surface area contributed by atoms with Gasteiger partial charge in [-0.25, -0.2) is 0 Å². The molecular weight excluding hydrogens is 280 g/mol. The molecule has 0 aromatic carbocycles. The molecule has 1 unspecified atom stereocenters. The van der Waals surface area contributed by atoms with E-state index in [2.05, 4.69) is 18.7 Å². The molecule has 5 heteroatoms. The molecule has 0 bridgehead atoms.